The molecule has 0 aliphatic carbocycles. The van der Waals surface area contributed by atoms with Crippen LogP contribution in [0.15, 0.2) is 6.20 Å². The molecule has 3 aromatic heterocycles. The highest BCUT2D eigenvalue weighted by atomic mass is 32.1. The molecular weight excluding hydrogens is 675 g/mol. The summed E-state index contributed by atoms with van der Waals surface area (Å²) in [7, 11) is 0. The number of hydrogen-bond acceptors (Lipinski definition) is 12. The van der Waals surface area contributed by atoms with Crippen molar-refractivity contribution in [2.75, 3.05) is 63.2 Å². The number of nitriles is 1. The predicted molar refractivity (Wildman–Crippen MR) is 189 cm³/mol. The third-order valence-electron chi connectivity index (χ3n) is 12.3. The Morgan fingerprint density at radius 3 is 2.69 bits per heavy atom. The van der Waals surface area contributed by atoms with Crippen molar-refractivity contribution in [1.82, 2.24) is 24.8 Å². The van der Waals surface area contributed by atoms with Crippen LogP contribution in [0.4, 0.5) is 19.6 Å². The highest BCUT2D eigenvalue weighted by Gasteiger charge is 2.50. The van der Waals surface area contributed by atoms with Gasteiger partial charge in [-0.15, -0.1) is 11.3 Å². The molecule has 6 aliphatic rings. The van der Waals surface area contributed by atoms with Gasteiger partial charge in [-0.05, 0) is 55.8 Å². The molecule has 0 radical (unpaired) electrons. The Labute approximate surface area is 298 Å². The lowest BCUT2D eigenvalue weighted by Gasteiger charge is -2.44. The van der Waals surface area contributed by atoms with Gasteiger partial charge in [0.1, 0.15) is 35.2 Å². The molecule has 10 rings (SSSR count). The molecule has 5 saturated heterocycles. The molecule has 266 valence electrons. The standard InChI is InChI=1S/C37H40F2N8O3S/c1-19-9-42-31(28-24(8-40)34(41)51-33(19)28)27-25-16-49-17-26(25)29-32(30(27)39)43-36(50-18-37-5-2-6-46(37)11-21(38)7-37)44-35(29)47-22-3-4-23(47)13-45(12-22)10-20-14-48-15-20/h9,20-23H,2-7,10-18,41H2,1H3/t21-,22?,23?,37+/m1/s1. The van der Waals surface area contributed by atoms with Gasteiger partial charge < -0.3 is 24.8 Å². The Balaban J connectivity index is 1.14. The smallest absolute Gasteiger partial charge is 0.319 e. The molecular formula is C37H40F2N8O3S. The number of aryl methyl sites for hydroxylation is 1. The molecule has 0 amide bonds. The molecule has 2 unspecified atom stereocenters. The molecule has 5 fully saturated rings. The zero-order valence-electron chi connectivity index (χ0n) is 28.6. The van der Waals surface area contributed by atoms with Crippen LogP contribution in [0.2, 0.25) is 0 Å². The fourth-order valence-electron chi connectivity index (χ4n) is 9.92. The minimum atomic E-state index is -0.897. The number of halogens is 2. The summed E-state index contributed by atoms with van der Waals surface area (Å²) in [5, 5.41) is 11.7. The molecule has 0 spiro atoms. The van der Waals surface area contributed by atoms with Crippen molar-refractivity contribution in [3.8, 4) is 23.3 Å². The number of likely N-dealkylation sites (tertiary alicyclic amines) is 1. The number of piperazine rings is 1. The number of fused-ring (bicyclic) bond motifs is 7. The summed E-state index contributed by atoms with van der Waals surface area (Å²) < 4.78 is 51.1. The Morgan fingerprint density at radius 2 is 1.92 bits per heavy atom. The summed E-state index contributed by atoms with van der Waals surface area (Å²) in [6, 6.07) is 2.74. The summed E-state index contributed by atoms with van der Waals surface area (Å²) in [5.74, 6) is 0.701. The second-order valence-corrected chi connectivity index (χ2v) is 16.5. The van der Waals surface area contributed by atoms with Crippen LogP contribution in [-0.4, -0.2) is 101 Å². The Bertz CT molecular complexity index is 2120. The number of nitrogen functional groups attached to an aromatic ring is 1. The number of benzene rings is 1. The average Bonchev–Trinajstić information content (AvgIpc) is 3.90. The van der Waals surface area contributed by atoms with Crippen molar-refractivity contribution >= 4 is 43.1 Å². The maximum Gasteiger partial charge on any atom is 0.319 e. The first-order chi connectivity index (χ1) is 24.8. The molecule has 2 N–H and O–H groups in total. The van der Waals surface area contributed by atoms with Crippen molar-refractivity contribution in [3.63, 3.8) is 0 Å². The monoisotopic (exact) mass is 714 g/mol. The van der Waals surface area contributed by atoms with Crippen molar-refractivity contribution in [2.24, 2.45) is 5.92 Å². The highest BCUT2D eigenvalue weighted by Crippen LogP contribution is 2.48. The molecule has 14 heteroatoms. The lowest BCUT2D eigenvalue weighted by atomic mass is 9.92. The van der Waals surface area contributed by atoms with E-state index in [2.05, 4.69) is 20.8 Å². The Kier molecular flexibility index (Phi) is 7.45. The van der Waals surface area contributed by atoms with Crippen molar-refractivity contribution in [2.45, 2.75) is 76.0 Å². The largest absolute Gasteiger partial charge is 0.461 e. The lowest BCUT2D eigenvalue weighted by Crippen LogP contribution is -2.56. The number of alkyl halides is 1. The number of aromatic nitrogens is 3. The van der Waals surface area contributed by atoms with Crippen LogP contribution >= 0.6 is 11.3 Å². The molecule has 4 atom stereocenters. The molecule has 51 heavy (non-hydrogen) atoms. The normalized spacial score (nSPS) is 27.7. The van der Waals surface area contributed by atoms with Crippen LogP contribution in [0.5, 0.6) is 6.01 Å². The van der Waals surface area contributed by atoms with Gasteiger partial charge in [-0.1, -0.05) is 0 Å². The Hall–Kier alpha value is -3.74. The minimum absolute atomic E-state index is 0.0951. The van der Waals surface area contributed by atoms with Crippen LogP contribution in [0.1, 0.15) is 54.4 Å². The maximum atomic E-state index is 17.6. The summed E-state index contributed by atoms with van der Waals surface area (Å²) in [6.45, 7) is 8.32. The van der Waals surface area contributed by atoms with Crippen LogP contribution < -0.4 is 15.4 Å². The molecule has 4 aromatic rings. The van der Waals surface area contributed by atoms with E-state index in [9.17, 15) is 9.65 Å². The van der Waals surface area contributed by atoms with Crippen molar-refractivity contribution in [1.29, 1.82) is 5.26 Å². The number of ether oxygens (including phenoxy) is 3. The summed E-state index contributed by atoms with van der Waals surface area (Å²) in [4.78, 5) is 21.9. The topological polar surface area (TPSA) is 126 Å². The van der Waals surface area contributed by atoms with E-state index in [4.69, 9.17) is 34.9 Å². The fraction of sp³-hybridized carbons (Fsp3) is 0.568. The van der Waals surface area contributed by atoms with Gasteiger partial charge in [0.05, 0.1) is 48.6 Å². The highest BCUT2D eigenvalue weighted by molar-refractivity contribution is 7.23. The van der Waals surface area contributed by atoms with Crippen LogP contribution in [-0.2, 0) is 22.7 Å². The number of rotatable bonds is 7. The number of nitrogens with zero attached hydrogens (tertiary/aromatic N) is 7. The average molecular weight is 715 g/mol. The van der Waals surface area contributed by atoms with E-state index in [1.54, 1.807) is 6.20 Å². The van der Waals surface area contributed by atoms with Gasteiger partial charge in [0.15, 0.2) is 5.82 Å². The quantitative estimate of drug-likeness (QED) is 0.275. The predicted octanol–water partition coefficient (Wildman–Crippen LogP) is 5.09. The Morgan fingerprint density at radius 1 is 1.12 bits per heavy atom. The second-order valence-electron chi connectivity index (χ2n) is 15.4. The van der Waals surface area contributed by atoms with Crippen LogP contribution in [0.3, 0.4) is 0 Å². The van der Waals surface area contributed by atoms with E-state index in [1.807, 2.05) is 6.92 Å². The maximum absolute atomic E-state index is 17.6. The number of thiophene rings is 1. The van der Waals surface area contributed by atoms with Gasteiger partial charge in [-0.25, -0.2) is 8.78 Å². The van der Waals surface area contributed by atoms with Crippen molar-refractivity contribution in [3.05, 3.63) is 34.3 Å². The van der Waals surface area contributed by atoms with E-state index in [0.717, 1.165) is 80.9 Å². The van der Waals surface area contributed by atoms with E-state index in [0.29, 0.717) is 57.3 Å². The zero-order valence-corrected chi connectivity index (χ0v) is 29.4. The van der Waals surface area contributed by atoms with Gasteiger partial charge in [-0.2, -0.15) is 15.2 Å². The third kappa shape index (κ3) is 4.88. The van der Waals surface area contributed by atoms with E-state index in [1.165, 1.54) is 11.3 Å². The van der Waals surface area contributed by atoms with Gasteiger partial charge in [0.2, 0.25) is 0 Å². The SMILES string of the molecule is Cc1cnc(-c2c3c(c4c(N5C6CCC5CN(CC5COC5)C6)nc(OC[C@@]56CCCN5C[C@H](F)C6)nc4c2F)COC3)c2c(C#N)c(N)sc12. The van der Waals surface area contributed by atoms with E-state index < -0.39 is 17.5 Å². The first kappa shape index (κ1) is 32.0. The van der Waals surface area contributed by atoms with Gasteiger partial charge >= 0.3 is 6.01 Å². The second kappa shape index (κ2) is 11.9. The van der Waals surface area contributed by atoms with E-state index >= 15 is 4.39 Å². The molecule has 2 bridgehead atoms. The van der Waals surface area contributed by atoms with E-state index in [-0.39, 0.29) is 49.0 Å². The summed E-state index contributed by atoms with van der Waals surface area (Å²) in [5.41, 5.74) is 9.39. The van der Waals surface area contributed by atoms with Gasteiger partial charge in [-0.3, -0.25) is 14.8 Å². The molecule has 6 aliphatic heterocycles. The fourth-order valence-corrected chi connectivity index (χ4v) is 10.9. The van der Waals surface area contributed by atoms with Crippen LogP contribution in [0, 0.1) is 30.0 Å². The first-order valence-corrected chi connectivity index (χ1v) is 18.9. The van der Waals surface area contributed by atoms with Gasteiger partial charge in [0, 0.05) is 72.4 Å². The molecule has 11 nitrogen and oxygen atoms in total. The zero-order chi connectivity index (χ0) is 34.6. The summed E-state index contributed by atoms with van der Waals surface area (Å²) in [6.07, 6.45) is 5.08. The molecule has 9 heterocycles. The van der Waals surface area contributed by atoms with Crippen molar-refractivity contribution < 1.29 is 23.0 Å². The molecule has 1 aromatic carbocycles. The minimum Gasteiger partial charge on any atom is -0.461 e. The number of anilines is 2. The van der Waals surface area contributed by atoms with Crippen LogP contribution in [0.25, 0.3) is 32.2 Å². The number of nitrogens with two attached hydrogens (primary N) is 1. The lowest BCUT2D eigenvalue weighted by molar-refractivity contribution is -0.0484. The number of pyridine rings is 1. The van der Waals surface area contributed by atoms with Gasteiger partial charge in [0.25, 0.3) is 0 Å². The third-order valence-corrected chi connectivity index (χ3v) is 13.4. The first-order valence-electron chi connectivity index (χ1n) is 18.1. The molecule has 0 saturated carbocycles. The summed E-state index contributed by atoms with van der Waals surface area (Å²) >= 11 is 1.31. The number of hydrogen-bond donors (Lipinski definition) is 1.